The Labute approximate surface area is 107 Å². The molecule has 1 unspecified atom stereocenters. The number of carboxylic acid groups (broad SMARTS) is 1. The topological polar surface area (TPSA) is 92.7 Å². The highest BCUT2D eigenvalue weighted by molar-refractivity contribution is 5.87. The lowest BCUT2D eigenvalue weighted by molar-refractivity contribution is -0.149. The molecule has 0 radical (unpaired) electrons. The number of ether oxygens (including phenoxy) is 1. The van der Waals surface area contributed by atoms with Crippen molar-refractivity contribution in [2.45, 2.75) is 45.6 Å². The predicted octanol–water partition coefficient (Wildman–Crippen LogP) is 0.945. The molecule has 104 valence electrons. The lowest BCUT2D eigenvalue weighted by Gasteiger charge is -2.16. The summed E-state index contributed by atoms with van der Waals surface area (Å²) in [6.45, 7) is 3.75. The van der Waals surface area contributed by atoms with E-state index < -0.39 is 18.0 Å². The van der Waals surface area contributed by atoms with Crippen LogP contribution in [0.2, 0.25) is 0 Å². The van der Waals surface area contributed by atoms with Crippen molar-refractivity contribution in [3.8, 4) is 0 Å². The second-order valence-corrected chi connectivity index (χ2v) is 4.22. The Bertz CT molecular complexity index is 303. The smallest absolute Gasteiger partial charge is 0.326 e. The van der Waals surface area contributed by atoms with Gasteiger partial charge in [0.25, 0.3) is 0 Å². The Morgan fingerprint density at radius 3 is 2.39 bits per heavy atom. The lowest BCUT2D eigenvalue weighted by Crippen LogP contribution is -2.44. The van der Waals surface area contributed by atoms with Gasteiger partial charge in [0.05, 0.1) is 13.5 Å². The molecular weight excluding hydrogens is 238 g/mol. The number of amides is 1. The van der Waals surface area contributed by atoms with E-state index in [0.717, 1.165) is 12.8 Å². The fourth-order valence-corrected chi connectivity index (χ4v) is 1.41. The first kappa shape index (κ1) is 16.4. The van der Waals surface area contributed by atoms with Gasteiger partial charge in [0, 0.05) is 5.92 Å². The highest BCUT2D eigenvalue weighted by Gasteiger charge is 2.25. The van der Waals surface area contributed by atoms with E-state index in [-0.39, 0.29) is 18.2 Å². The first-order chi connectivity index (χ1) is 8.42. The minimum atomic E-state index is -1.24. The van der Waals surface area contributed by atoms with Crippen LogP contribution in [-0.2, 0) is 19.1 Å². The zero-order valence-electron chi connectivity index (χ0n) is 11.1. The van der Waals surface area contributed by atoms with Crippen molar-refractivity contribution in [2.75, 3.05) is 7.11 Å². The third-order valence-electron chi connectivity index (χ3n) is 2.65. The van der Waals surface area contributed by atoms with E-state index >= 15 is 0 Å². The van der Waals surface area contributed by atoms with Crippen LogP contribution in [0.1, 0.15) is 39.5 Å². The van der Waals surface area contributed by atoms with Gasteiger partial charge in [-0.25, -0.2) is 4.79 Å². The van der Waals surface area contributed by atoms with Crippen molar-refractivity contribution in [3.05, 3.63) is 0 Å². The van der Waals surface area contributed by atoms with Crippen LogP contribution in [0.25, 0.3) is 0 Å². The first-order valence-corrected chi connectivity index (χ1v) is 6.02. The summed E-state index contributed by atoms with van der Waals surface area (Å²) in [5, 5.41) is 11.3. The van der Waals surface area contributed by atoms with E-state index in [1.807, 2.05) is 6.92 Å². The number of carbonyl (C=O) groups excluding carboxylic acids is 2. The number of carbonyl (C=O) groups is 3. The average molecular weight is 259 g/mol. The van der Waals surface area contributed by atoms with Crippen molar-refractivity contribution in [1.82, 2.24) is 5.32 Å². The summed E-state index contributed by atoms with van der Waals surface area (Å²) in [6, 6.07) is -1.23. The zero-order chi connectivity index (χ0) is 14.1. The van der Waals surface area contributed by atoms with Gasteiger partial charge in [-0.1, -0.05) is 26.7 Å². The van der Waals surface area contributed by atoms with Crippen LogP contribution in [0, 0.1) is 5.92 Å². The molecule has 0 aliphatic rings. The second kappa shape index (κ2) is 8.49. The summed E-state index contributed by atoms with van der Waals surface area (Å²) < 4.78 is 4.38. The number of carboxylic acids is 1. The maximum absolute atomic E-state index is 11.7. The minimum absolute atomic E-state index is 0.260. The Morgan fingerprint density at radius 2 is 1.94 bits per heavy atom. The normalized spacial score (nSPS) is 13.5. The van der Waals surface area contributed by atoms with Crippen LogP contribution in [0.4, 0.5) is 0 Å². The summed E-state index contributed by atoms with van der Waals surface area (Å²) in [5.74, 6) is -2.51. The van der Waals surface area contributed by atoms with Crippen LogP contribution in [-0.4, -0.2) is 36.1 Å². The fourth-order valence-electron chi connectivity index (χ4n) is 1.41. The molecule has 0 aromatic carbocycles. The number of rotatable bonds is 8. The van der Waals surface area contributed by atoms with Gasteiger partial charge in [-0.15, -0.1) is 0 Å². The molecular formula is C12H21NO5. The molecule has 0 saturated heterocycles. The van der Waals surface area contributed by atoms with E-state index in [1.54, 1.807) is 6.92 Å². The zero-order valence-corrected chi connectivity index (χ0v) is 11.1. The third-order valence-corrected chi connectivity index (χ3v) is 2.65. The van der Waals surface area contributed by atoms with Gasteiger partial charge < -0.3 is 15.2 Å². The Hall–Kier alpha value is -1.59. The van der Waals surface area contributed by atoms with Crippen LogP contribution in [0.3, 0.4) is 0 Å². The maximum Gasteiger partial charge on any atom is 0.326 e. The SMILES string of the molecule is CCCCC(C)C(=O)N[C@@H](CC(=O)OC)C(=O)O. The third kappa shape index (κ3) is 6.22. The molecule has 0 aromatic rings. The molecule has 6 nitrogen and oxygen atoms in total. The molecule has 0 bridgehead atoms. The van der Waals surface area contributed by atoms with Gasteiger partial charge >= 0.3 is 11.9 Å². The molecule has 2 atom stereocenters. The van der Waals surface area contributed by atoms with E-state index in [0.29, 0.717) is 6.42 Å². The number of nitrogens with one attached hydrogen (secondary N) is 1. The predicted molar refractivity (Wildman–Crippen MR) is 64.9 cm³/mol. The molecule has 0 aliphatic heterocycles. The van der Waals surface area contributed by atoms with Gasteiger partial charge in [0.2, 0.25) is 5.91 Å². The lowest BCUT2D eigenvalue weighted by atomic mass is 10.0. The Kier molecular flexibility index (Phi) is 7.74. The van der Waals surface area contributed by atoms with E-state index in [1.165, 1.54) is 7.11 Å². The van der Waals surface area contributed by atoms with Crippen LogP contribution >= 0.6 is 0 Å². The van der Waals surface area contributed by atoms with Crippen LogP contribution < -0.4 is 5.32 Å². The van der Waals surface area contributed by atoms with Crippen molar-refractivity contribution in [3.63, 3.8) is 0 Å². The summed E-state index contributed by atoms with van der Waals surface area (Å²) in [6.07, 6.45) is 2.22. The van der Waals surface area contributed by atoms with E-state index in [2.05, 4.69) is 10.1 Å². The number of methoxy groups -OCH3 is 1. The monoisotopic (exact) mass is 259 g/mol. The van der Waals surface area contributed by atoms with Gasteiger partial charge in [0.15, 0.2) is 0 Å². The molecule has 6 heteroatoms. The van der Waals surface area contributed by atoms with Crippen molar-refractivity contribution in [2.24, 2.45) is 5.92 Å². The van der Waals surface area contributed by atoms with Crippen LogP contribution in [0.5, 0.6) is 0 Å². The first-order valence-electron chi connectivity index (χ1n) is 6.02. The van der Waals surface area contributed by atoms with E-state index in [4.69, 9.17) is 5.11 Å². The Morgan fingerprint density at radius 1 is 1.33 bits per heavy atom. The summed E-state index contributed by atoms with van der Waals surface area (Å²) >= 11 is 0. The van der Waals surface area contributed by atoms with Crippen molar-refractivity contribution >= 4 is 17.8 Å². The summed E-state index contributed by atoms with van der Waals surface area (Å²) in [7, 11) is 1.17. The maximum atomic E-state index is 11.7. The summed E-state index contributed by atoms with van der Waals surface area (Å²) in [4.78, 5) is 33.6. The molecule has 18 heavy (non-hydrogen) atoms. The minimum Gasteiger partial charge on any atom is -0.480 e. The average Bonchev–Trinajstić information content (AvgIpc) is 2.34. The quantitative estimate of drug-likeness (QED) is 0.633. The number of unbranched alkanes of at least 4 members (excludes halogenated alkanes) is 1. The van der Waals surface area contributed by atoms with Gasteiger partial charge in [-0.3, -0.25) is 9.59 Å². The molecule has 0 saturated carbocycles. The fraction of sp³-hybridized carbons (Fsp3) is 0.750. The molecule has 0 rings (SSSR count). The standard InChI is InChI=1S/C12H21NO5/c1-4-5-6-8(2)11(15)13-9(12(16)17)7-10(14)18-3/h8-9H,4-7H2,1-3H3,(H,13,15)(H,16,17)/t8?,9-/m0/s1. The van der Waals surface area contributed by atoms with E-state index in [9.17, 15) is 14.4 Å². The number of hydrogen-bond donors (Lipinski definition) is 2. The van der Waals surface area contributed by atoms with Crippen molar-refractivity contribution in [1.29, 1.82) is 0 Å². The number of hydrogen-bond acceptors (Lipinski definition) is 4. The molecule has 0 spiro atoms. The molecule has 1 amide bonds. The van der Waals surface area contributed by atoms with Gasteiger partial charge in [0.1, 0.15) is 6.04 Å². The number of esters is 1. The number of aliphatic carboxylic acids is 1. The molecule has 0 heterocycles. The molecule has 0 fully saturated rings. The summed E-state index contributed by atoms with van der Waals surface area (Å²) in [5.41, 5.74) is 0. The highest BCUT2D eigenvalue weighted by Crippen LogP contribution is 2.08. The molecule has 0 aromatic heterocycles. The largest absolute Gasteiger partial charge is 0.480 e. The molecule has 2 N–H and O–H groups in total. The van der Waals surface area contributed by atoms with Crippen LogP contribution in [0.15, 0.2) is 0 Å². The van der Waals surface area contributed by atoms with Gasteiger partial charge in [-0.05, 0) is 6.42 Å². The van der Waals surface area contributed by atoms with Gasteiger partial charge in [-0.2, -0.15) is 0 Å². The molecule has 0 aliphatic carbocycles. The Balaban J connectivity index is 4.35. The van der Waals surface area contributed by atoms with Crippen molar-refractivity contribution < 1.29 is 24.2 Å². The highest BCUT2D eigenvalue weighted by atomic mass is 16.5. The second-order valence-electron chi connectivity index (χ2n) is 4.22.